The molecule has 0 N–H and O–H groups in total. The average Bonchev–Trinajstić information content (AvgIpc) is 3.46. The summed E-state index contributed by atoms with van der Waals surface area (Å²) in [6, 6.07) is 14.8. The number of fused-ring (bicyclic) bond motifs is 2. The highest BCUT2D eigenvalue weighted by atomic mass is 16.5. The van der Waals surface area contributed by atoms with Crippen LogP contribution in [0.15, 0.2) is 42.5 Å². The van der Waals surface area contributed by atoms with E-state index in [2.05, 4.69) is 32.9 Å². The second-order valence-electron chi connectivity index (χ2n) is 10.1. The molecule has 6 nitrogen and oxygen atoms in total. The summed E-state index contributed by atoms with van der Waals surface area (Å²) < 4.78 is 11.5. The van der Waals surface area contributed by atoms with Gasteiger partial charge in [0.1, 0.15) is 12.4 Å². The van der Waals surface area contributed by atoms with Gasteiger partial charge in [-0.1, -0.05) is 42.5 Å². The van der Waals surface area contributed by atoms with Crippen molar-refractivity contribution in [3.05, 3.63) is 70.3 Å². The lowest BCUT2D eigenvalue weighted by Gasteiger charge is -2.36. The van der Waals surface area contributed by atoms with Gasteiger partial charge in [-0.05, 0) is 23.1 Å². The van der Waals surface area contributed by atoms with Crippen molar-refractivity contribution in [1.82, 2.24) is 14.7 Å². The maximum Gasteiger partial charge on any atom is 0.171 e. The number of ketones is 1. The largest absolute Gasteiger partial charge is 0.487 e. The van der Waals surface area contributed by atoms with Crippen LogP contribution < -0.4 is 0 Å². The van der Waals surface area contributed by atoms with E-state index in [0.29, 0.717) is 13.0 Å². The molecular formula is C29H35N3O3. The monoisotopic (exact) mass is 473 g/mol. The molecule has 2 saturated heterocycles. The van der Waals surface area contributed by atoms with Crippen LogP contribution in [0.4, 0.5) is 0 Å². The summed E-state index contributed by atoms with van der Waals surface area (Å²) >= 11 is 0. The summed E-state index contributed by atoms with van der Waals surface area (Å²) in [5, 5.41) is 0. The van der Waals surface area contributed by atoms with E-state index < -0.39 is 0 Å². The highest BCUT2D eigenvalue weighted by molar-refractivity contribution is 6.31. The van der Waals surface area contributed by atoms with Crippen LogP contribution in [-0.2, 0) is 33.7 Å². The molecule has 184 valence electrons. The fraction of sp³-hybridized carbons (Fsp3) is 0.483. The van der Waals surface area contributed by atoms with Crippen LogP contribution in [0.3, 0.4) is 0 Å². The van der Waals surface area contributed by atoms with E-state index in [1.807, 2.05) is 24.3 Å². The van der Waals surface area contributed by atoms with Gasteiger partial charge < -0.3 is 14.4 Å². The molecule has 4 aliphatic rings. The minimum absolute atomic E-state index is 0.169. The fourth-order valence-corrected chi connectivity index (χ4v) is 5.79. The van der Waals surface area contributed by atoms with E-state index in [0.717, 1.165) is 100 Å². The molecule has 3 aliphatic heterocycles. The molecule has 2 aromatic rings. The SMILES string of the molecule is O=C1Cc2ccccc2/C1=C1\OCc2cc(CCN3CCN(CCN4CCOCC4)CC3)ccc21. The lowest BCUT2D eigenvalue weighted by molar-refractivity contribution is -0.112. The number of Topliss-reactive ketones (excluding diaryl/α,β-unsaturated/α-hetero) is 1. The van der Waals surface area contributed by atoms with Crippen LogP contribution in [0.2, 0.25) is 0 Å². The van der Waals surface area contributed by atoms with E-state index >= 15 is 0 Å². The standard InChI is InChI=1S/C29H35N3O3/c33-27-20-23-3-1-2-4-25(23)28(27)29-26-6-5-22(19-24(26)21-35-29)7-8-30-9-11-31(12-10-30)13-14-32-15-17-34-18-16-32/h1-6,19H,7-18,20-21H2/b29-28+. The van der Waals surface area contributed by atoms with Gasteiger partial charge in [-0.2, -0.15) is 0 Å². The maximum atomic E-state index is 12.8. The zero-order chi connectivity index (χ0) is 23.6. The van der Waals surface area contributed by atoms with Gasteiger partial charge in [0.2, 0.25) is 0 Å². The Labute approximate surface area is 208 Å². The quantitative estimate of drug-likeness (QED) is 0.602. The minimum atomic E-state index is 0.169. The molecule has 6 rings (SSSR count). The molecule has 0 radical (unpaired) electrons. The van der Waals surface area contributed by atoms with Crippen molar-refractivity contribution < 1.29 is 14.3 Å². The van der Waals surface area contributed by atoms with Crippen LogP contribution in [0.25, 0.3) is 11.3 Å². The van der Waals surface area contributed by atoms with E-state index in [4.69, 9.17) is 9.47 Å². The first kappa shape index (κ1) is 22.9. The number of piperazine rings is 1. The number of carbonyl (C=O) groups is 1. The Morgan fingerprint density at radius 1 is 0.743 bits per heavy atom. The molecule has 0 bridgehead atoms. The summed E-state index contributed by atoms with van der Waals surface area (Å²) in [6.45, 7) is 12.5. The van der Waals surface area contributed by atoms with Crippen molar-refractivity contribution >= 4 is 17.1 Å². The van der Waals surface area contributed by atoms with Crippen molar-refractivity contribution in [3.63, 3.8) is 0 Å². The Hall–Kier alpha value is -2.51. The van der Waals surface area contributed by atoms with E-state index in [9.17, 15) is 4.79 Å². The van der Waals surface area contributed by atoms with Gasteiger partial charge in [-0.25, -0.2) is 0 Å². The maximum absolute atomic E-state index is 12.8. The number of morpholine rings is 1. The molecule has 0 saturated carbocycles. The Morgan fingerprint density at radius 3 is 2.26 bits per heavy atom. The molecule has 0 aromatic heterocycles. The number of hydrogen-bond donors (Lipinski definition) is 0. The molecule has 0 unspecified atom stereocenters. The molecule has 6 heteroatoms. The molecule has 35 heavy (non-hydrogen) atoms. The number of allylic oxidation sites excluding steroid dienone is 1. The molecule has 0 spiro atoms. The number of carbonyl (C=O) groups excluding carboxylic acids is 1. The molecule has 1 aliphatic carbocycles. The van der Waals surface area contributed by atoms with E-state index in [-0.39, 0.29) is 5.78 Å². The first-order valence-electron chi connectivity index (χ1n) is 13.1. The number of nitrogens with zero attached hydrogens (tertiary/aromatic N) is 3. The summed E-state index contributed by atoms with van der Waals surface area (Å²) in [7, 11) is 0. The number of hydrogen-bond acceptors (Lipinski definition) is 6. The summed E-state index contributed by atoms with van der Waals surface area (Å²) in [6.07, 6.45) is 1.53. The minimum Gasteiger partial charge on any atom is -0.487 e. The molecule has 0 atom stereocenters. The highest BCUT2D eigenvalue weighted by Gasteiger charge is 2.32. The molecular weight excluding hydrogens is 438 g/mol. The zero-order valence-electron chi connectivity index (χ0n) is 20.5. The van der Waals surface area contributed by atoms with Crippen molar-refractivity contribution in [3.8, 4) is 0 Å². The topological polar surface area (TPSA) is 45.2 Å². The predicted octanol–water partition coefficient (Wildman–Crippen LogP) is 2.70. The summed E-state index contributed by atoms with van der Waals surface area (Å²) in [4.78, 5) is 20.5. The highest BCUT2D eigenvalue weighted by Crippen LogP contribution is 2.40. The third-order valence-corrected chi connectivity index (χ3v) is 7.95. The molecule has 2 fully saturated rings. The molecule has 3 heterocycles. The number of ether oxygens (including phenoxy) is 2. The van der Waals surface area contributed by atoms with Gasteiger partial charge in [-0.3, -0.25) is 14.6 Å². The van der Waals surface area contributed by atoms with Gasteiger partial charge in [0.05, 0.1) is 18.8 Å². The lowest BCUT2D eigenvalue weighted by Crippen LogP contribution is -2.49. The smallest absolute Gasteiger partial charge is 0.171 e. The van der Waals surface area contributed by atoms with Crippen LogP contribution in [0.1, 0.15) is 27.8 Å². The number of benzene rings is 2. The second-order valence-corrected chi connectivity index (χ2v) is 10.1. The Balaban J connectivity index is 1.03. The Bertz CT molecular complexity index is 1110. The lowest BCUT2D eigenvalue weighted by atomic mass is 9.98. The van der Waals surface area contributed by atoms with Crippen LogP contribution in [-0.4, -0.2) is 92.6 Å². The Morgan fingerprint density at radius 2 is 1.46 bits per heavy atom. The zero-order valence-corrected chi connectivity index (χ0v) is 20.5. The fourth-order valence-electron chi connectivity index (χ4n) is 5.79. The van der Waals surface area contributed by atoms with Crippen molar-refractivity contribution in [2.75, 3.05) is 72.1 Å². The van der Waals surface area contributed by atoms with Crippen molar-refractivity contribution in [2.24, 2.45) is 0 Å². The van der Waals surface area contributed by atoms with Crippen molar-refractivity contribution in [1.29, 1.82) is 0 Å². The average molecular weight is 474 g/mol. The first-order chi connectivity index (χ1) is 17.2. The molecule has 2 aromatic carbocycles. The summed E-state index contributed by atoms with van der Waals surface area (Å²) in [5.74, 6) is 0.942. The van der Waals surface area contributed by atoms with Crippen LogP contribution in [0.5, 0.6) is 0 Å². The van der Waals surface area contributed by atoms with E-state index in [1.54, 1.807) is 0 Å². The molecule has 0 amide bonds. The second kappa shape index (κ2) is 10.2. The van der Waals surface area contributed by atoms with Crippen LogP contribution >= 0.6 is 0 Å². The Kier molecular flexibility index (Phi) is 6.70. The number of rotatable bonds is 6. The van der Waals surface area contributed by atoms with Crippen molar-refractivity contribution in [2.45, 2.75) is 19.4 Å². The van der Waals surface area contributed by atoms with Gasteiger partial charge in [-0.15, -0.1) is 0 Å². The van der Waals surface area contributed by atoms with Gasteiger partial charge in [0.15, 0.2) is 5.78 Å². The van der Waals surface area contributed by atoms with Gasteiger partial charge >= 0.3 is 0 Å². The third kappa shape index (κ3) is 4.94. The van der Waals surface area contributed by atoms with Crippen LogP contribution in [0, 0.1) is 0 Å². The predicted molar refractivity (Wildman–Crippen MR) is 137 cm³/mol. The van der Waals surface area contributed by atoms with Gasteiger partial charge in [0, 0.05) is 76.5 Å². The van der Waals surface area contributed by atoms with E-state index in [1.165, 1.54) is 17.7 Å². The third-order valence-electron chi connectivity index (χ3n) is 7.95. The summed E-state index contributed by atoms with van der Waals surface area (Å²) in [5.41, 5.74) is 6.55. The van der Waals surface area contributed by atoms with Gasteiger partial charge in [0.25, 0.3) is 0 Å². The first-order valence-corrected chi connectivity index (χ1v) is 13.1. The normalized spacial score (nSPS) is 23.4.